The van der Waals surface area contributed by atoms with Crippen LogP contribution in [0.25, 0.3) is 5.57 Å². The molecule has 16 heavy (non-hydrogen) atoms. The van der Waals surface area contributed by atoms with E-state index in [0.29, 0.717) is 6.42 Å². The maximum Gasteiger partial charge on any atom is 0.133 e. The molecule has 3 heteroatoms. The molecular weight excluding hydrogens is 200 g/mol. The van der Waals surface area contributed by atoms with Crippen LogP contribution >= 0.6 is 0 Å². The summed E-state index contributed by atoms with van der Waals surface area (Å²) in [5, 5.41) is 17.7. The van der Waals surface area contributed by atoms with Crippen molar-refractivity contribution < 1.29 is 4.74 Å². The third-order valence-corrected chi connectivity index (χ3v) is 2.32. The van der Waals surface area contributed by atoms with E-state index >= 15 is 0 Å². The molecule has 0 saturated heterocycles. The fourth-order valence-electron chi connectivity index (χ4n) is 1.48. The van der Waals surface area contributed by atoms with Crippen LogP contribution in [-0.4, -0.2) is 7.11 Å². The van der Waals surface area contributed by atoms with Crippen LogP contribution in [0, 0.1) is 22.7 Å². The summed E-state index contributed by atoms with van der Waals surface area (Å²) in [7, 11) is 1.60. The highest BCUT2D eigenvalue weighted by Crippen LogP contribution is 2.23. The highest BCUT2D eigenvalue weighted by atomic mass is 16.5. The van der Waals surface area contributed by atoms with Gasteiger partial charge in [-0.15, -0.1) is 0 Å². The molecule has 0 radical (unpaired) electrons. The standard InChI is InChI=1S/C13H12N2O/c1-3-13(11(8-14)9-15)10-4-6-12(16-2)7-5-10/h4-7H,3H2,1-2H3. The average Bonchev–Trinajstić information content (AvgIpc) is 2.36. The number of hydrogen-bond acceptors (Lipinski definition) is 3. The van der Waals surface area contributed by atoms with Gasteiger partial charge >= 0.3 is 0 Å². The summed E-state index contributed by atoms with van der Waals surface area (Å²) in [5.41, 5.74) is 1.83. The average molecular weight is 212 g/mol. The SMILES string of the molecule is CCC(=C(C#N)C#N)c1ccc(OC)cc1. The monoisotopic (exact) mass is 212 g/mol. The largest absolute Gasteiger partial charge is 0.497 e. The first-order valence-electron chi connectivity index (χ1n) is 4.94. The maximum atomic E-state index is 8.83. The normalized spacial score (nSPS) is 8.75. The Hall–Kier alpha value is -2.26. The van der Waals surface area contributed by atoms with Crippen molar-refractivity contribution in [2.24, 2.45) is 0 Å². The second kappa shape index (κ2) is 5.58. The van der Waals surface area contributed by atoms with E-state index in [1.54, 1.807) is 7.11 Å². The summed E-state index contributed by atoms with van der Waals surface area (Å²) in [5.74, 6) is 0.759. The molecule has 0 aromatic heterocycles. The van der Waals surface area contributed by atoms with Gasteiger partial charge in [0.05, 0.1) is 7.11 Å². The number of methoxy groups -OCH3 is 1. The number of allylic oxidation sites excluding steroid dienone is 2. The Morgan fingerprint density at radius 2 is 1.75 bits per heavy atom. The minimum atomic E-state index is 0.174. The molecule has 0 aliphatic rings. The molecular formula is C13H12N2O. The van der Waals surface area contributed by atoms with Crippen LogP contribution < -0.4 is 4.74 Å². The van der Waals surface area contributed by atoms with Gasteiger partial charge in [-0.05, 0) is 29.7 Å². The van der Waals surface area contributed by atoms with E-state index < -0.39 is 0 Å². The fraction of sp³-hybridized carbons (Fsp3) is 0.231. The summed E-state index contributed by atoms with van der Waals surface area (Å²) in [4.78, 5) is 0. The van der Waals surface area contributed by atoms with Crippen LogP contribution in [0.3, 0.4) is 0 Å². The van der Waals surface area contributed by atoms with E-state index in [4.69, 9.17) is 15.3 Å². The van der Waals surface area contributed by atoms with E-state index in [-0.39, 0.29) is 5.57 Å². The number of nitrogens with zero attached hydrogens (tertiary/aromatic N) is 2. The lowest BCUT2D eigenvalue weighted by Gasteiger charge is -2.06. The molecule has 0 fully saturated rings. The molecule has 80 valence electrons. The van der Waals surface area contributed by atoms with Crippen molar-refractivity contribution in [3.05, 3.63) is 35.4 Å². The van der Waals surface area contributed by atoms with E-state index in [1.807, 2.05) is 43.3 Å². The molecule has 0 bridgehead atoms. The Bertz CT molecular complexity index is 456. The molecule has 0 atom stereocenters. The molecule has 0 saturated carbocycles. The molecule has 0 unspecified atom stereocenters. The lowest BCUT2D eigenvalue weighted by atomic mass is 9.99. The third-order valence-electron chi connectivity index (χ3n) is 2.32. The maximum absolute atomic E-state index is 8.83. The van der Waals surface area contributed by atoms with Gasteiger partial charge in [-0.25, -0.2) is 0 Å². The van der Waals surface area contributed by atoms with Gasteiger partial charge in [-0.2, -0.15) is 10.5 Å². The minimum Gasteiger partial charge on any atom is -0.497 e. The van der Waals surface area contributed by atoms with Crippen LogP contribution in [-0.2, 0) is 0 Å². The first-order chi connectivity index (χ1) is 7.76. The molecule has 1 aromatic carbocycles. The zero-order valence-corrected chi connectivity index (χ0v) is 9.32. The van der Waals surface area contributed by atoms with Crippen LogP contribution in [0.1, 0.15) is 18.9 Å². The van der Waals surface area contributed by atoms with Gasteiger partial charge in [0.1, 0.15) is 23.5 Å². The van der Waals surface area contributed by atoms with Crippen molar-refractivity contribution in [3.63, 3.8) is 0 Å². The first-order valence-corrected chi connectivity index (χ1v) is 4.94. The van der Waals surface area contributed by atoms with Crippen molar-refractivity contribution in [2.45, 2.75) is 13.3 Å². The van der Waals surface area contributed by atoms with E-state index in [9.17, 15) is 0 Å². The Labute approximate surface area is 95.2 Å². The van der Waals surface area contributed by atoms with Crippen molar-refractivity contribution in [2.75, 3.05) is 7.11 Å². The quantitative estimate of drug-likeness (QED) is 0.724. The van der Waals surface area contributed by atoms with Crippen LogP contribution in [0.15, 0.2) is 29.8 Å². The van der Waals surface area contributed by atoms with E-state index in [1.165, 1.54) is 0 Å². The smallest absolute Gasteiger partial charge is 0.133 e. The van der Waals surface area contributed by atoms with Crippen molar-refractivity contribution in [1.82, 2.24) is 0 Å². The Balaban J connectivity index is 3.21. The zero-order chi connectivity index (χ0) is 12.0. The van der Waals surface area contributed by atoms with Crippen molar-refractivity contribution in [3.8, 4) is 17.9 Å². The summed E-state index contributed by atoms with van der Waals surface area (Å²) >= 11 is 0. The van der Waals surface area contributed by atoms with Gasteiger partial charge in [0.2, 0.25) is 0 Å². The lowest BCUT2D eigenvalue weighted by molar-refractivity contribution is 0.415. The highest BCUT2D eigenvalue weighted by Gasteiger charge is 2.06. The number of nitriles is 2. The van der Waals surface area contributed by atoms with Gasteiger partial charge in [0.25, 0.3) is 0 Å². The molecule has 0 heterocycles. The number of rotatable bonds is 3. The molecule has 0 amide bonds. The minimum absolute atomic E-state index is 0.174. The van der Waals surface area contributed by atoms with E-state index in [2.05, 4.69) is 0 Å². The molecule has 0 N–H and O–H groups in total. The number of ether oxygens (including phenoxy) is 1. The second-order valence-electron chi connectivity index (χ2n) is 3.16. The van der Waals surface area contributed by atoms with Gasteiger partial charge in [0.15, 0.2) is 0 Å². The predicted molar refractivity (Wildman–Crippen MR) is 61.4 cm³/mol. The summed E-state index contributed by atoms with van der Waals surface area (Å²) in [6.45, 7) is 1.92. The molecule has 0 aliphatic heterocycles. The Morgan fingerprint density at radius 3 is 2.12 bits per heavy atom. The molecule has 0 spiro atoms. The van der Waals surface area contributed by atoms with Gasteiger partial charge in [0, 0.05) is 0 Å². The van der Waals surface area contributed by atoms with Crippen LogP contribution in [0.4, 0.5) is 0 Å². The molecule has 3 nitrogen and oxygen atoms in total. The lowest BCUT2D eigenvalue weighted by Crippen LogP contribution is -1.89. The summed E-state index contributed by atoms with van der Waals surface area (Å²) < 4.78 is 5.05. The summed E-state index contributed by atoms with van der Waals surface area (Å²) in [6.07, 6.45) is 0.656. The van der Waals surface area contributed by atoms with Crippen molar-refractivity contribution >= 4 is 5.57 Å². The predicted octanol–water partition coefficient (Wildman–Crippen LogP) is 2.91. The van der Waals surface area contributed by atoms with Crippen LogP contribution in [0.5, 0.6) is 5.75 Å². The molecule has 1 rings (SSSR count). The molecule has 0 aliphatic carbocycles. The third kappa shape index (κ3) is 2.40. The highest BCUT2D eigenvalue weighted by molar-refractivity contribution is 5.75. The number of hydrogen-bond donors (Lipinski definition) is 0. The Kier molecular flexibility index (Phi) is 4.12. The van der Waals surface area contributed by atoms with Gasteiger partial charge < -0.3 is 4.74 Å². The zero-order valence-electron chi connectivity index (χ0n) is 9.32. The molecule has 1 aromatic rings. The van der Waals surface area contributed by atoms with Crippen LogP contribution in [0.2, 0.25) is 0 Å². The first kappa shape index (κ1) is 11.8. The fourth-order valence-corrected chi connectivity index (χ4v) is 1.48. The number of benzene rings is 1. The topological polar surface area (TPSA) is 56.8 Å². The second-order valence-corrected chi connectivity index (χ2v) is 3.16. The van der Waals surface area contributed by atoms with Gasteiger partial charge in [-0.3, -0.25) is 0 Å². The summed E-state index contributed by atoms with van der Waals surface area (Å²) in [6, 6.07) is 11.2. The van der Waals surface area contributed by atoms with Crippen molar-refractivity contribution in [1.29, 1.82) is 10.5 Å². The Morgan fingerprint density at radius 1 is 1.19 bits per heavy atom. The van der Waals surface area contributed by atoms with E-state index in [0.717, 1.165) is 16.9 Å². The van der Waals surface area contributed by atoms with Gasteiger partial charge in [-0.1, -0.05) is 19.1 Å².